The van der Waals surface area contributed by atoms with E-state index in [0.29, 0.717) is 11.4 Å². The van der Waals surface area contributed by atoms with Crippen molar-refractivity contribution in [2.75, 3.05) is 6.61 Å². The van der Waals surface area contributed by atoms with Gasteiger partial charge in [0.25, 0.3) is 0 Å². The van der Waals surface area contributed by atoms with Crippen LogP contribution in [0.2, 0.25) is 5.02 Å². The fraction of sp³-hybridized carbons (Fsp3) is 0.500. The Labute approximate surface area is 97.4 Å². The van der Waals surface area contributed by atoms with Crippen molar-refractivity contribution in [1.29, 1.82) is 0 Å². The molecule has 0 aliphatic heterocycles. The molecule has 14 heavy (non-hydrogen) atoms. The molecule has 2 nitrogen and oxygen atoms in total. The maximum absolute atomic E-state index is 9.12. The molecule has 1 aromatic rings. The molecular formula is C10H13BrClNO. The van der Waals surface area contributed by atoms with Crippen molar-refractivity contribution in [1.82, 2.24) is 4.98 Å². The van der Waals surface area contributed by atoms with E-state index < -0.39 is 0 Å². The lowest BCUT2D eigenvalue weighted by Gasteiger charge is -2.21. The number of aliphatic hydroxyl groups is 1. The number of hydrogen-bond donors (Lipinski definition) is 1. The van der Waals surface area contributed by atoms with Gasteiger partial charge in [-0.05, 0) is 33.8 Å². The standard InChI is InChI=1S/C10H13BrClNO/c1-10(2,6-14)4-9-8(12)3-7(11)5-13-9/h3,5,14H,4,6H2,1-2H3. The van der Waals surface area contributed by atoms with E-state index in [-0.39, 0.29) is 12.0 Å². The Hall–Kier alpha value is -0.120. The van der Waals surface area contributed by atoms with Gasteiger partial charge in [0, 0.05) is 17.3 Å². The Morgan fingerprint density at radius 1 is 1.57 bits per heavy atom. The average molecular weight is 279 g/mol. The lowest BCUT2D eigenvalue weighted by atomic mass is 9.89. The van der Waals surface area contributed by atoms with E-state index in [2.05, 4.69) is 20.9 Å². The van der Waals surface area contributed by atoms with Crippen LogP contribution in [0.5, 0.6) is 0 Å². The summed E-state index contributed by atoms with van der Waals surface area (Å²) in [7, 11) is 0. The van der Waals surface area contributed by atoms with Crippen molar-refractivity contribution in [3.63, 3.8) is 0 Å². The second kappa shape index (κ2) is 4.60. The normalized spacial score (nSPS) is 11.8. The van der Waals surface area contributed by atoms with E-state index >= 15 is 0 Å². The van der Waals surface area contributed by atoms with Crippen LogP contribution < -0.4 is 0 Å². The first-order valence-corrected chi connectivity index (χ1v) is 5.52. The smallest absolute Gasteiger partial charge is 0.0632 e. The highest BCUT2D eigenvalue weighted by atomic mass is 79.9. The molecule has 4 heteroatoms. The molecule has 1 N–H and O–H groups in total. The predicted molar refractivity (Wildman–Crippen MR) is 61.5 cm³/mol. The van der Waals surface area contributed by atoms with E-state index in [4.69, 9.17) is 16.7 Å². The summed E-state index contributed by atoms with van der Waals surface area (Å²) in [4.78, 5) is 4.22. The van der Waals surface area contributed by atoms with Crippen LogP contribution in [0, 0.1) is 5.41 Å². The summed E-state index contributed by atoms with van der Waals surface area (Å²) in [6.07, 6.45) is 2.39. The zero-order valence-electron chi connectivity index (χ0n) is 8.22. The Morgan fingerprint density at radius 2 is 2.21 bits per heavy atom. The number of pyridine rings is 1. The molecule has 0 aliphatic rings. The van der Waals surface area contributed by atoms with E-state index in [9.17, 15) is 0 Å². The van der Waals surface area contributed by atoms with Gasteiger partial charge in [-0.1, -0.05) is 25.4 Å². The summed E-state index contributed by atoms with van der Waals surface area (Å²) < 4.78 is 0.869. The molecule has 0 aliphatic carbocycles. The van der Waals surface area contributed by atoms with Gasteiger partial charge in [-0.3, -0.25) is 4.98 Å². The Morgan fingerprint density at radius 3 is 2.71 bits per heavy atom. The molecule has 0 saturated carbocycles. The van der Waals surface area contributed by atoms with Crippen LogP contribution in [-0.4, -0.2) is 16.7 Å². The van der Waals surface area contributed by atoms with E-state index in [1.807, 2.05) is 19.9 Å². The van der Waals surface area contributed by atoms with Crippen LogP contribution in [0.1, 0.15) is 19.5 Å². The summed E-state index contributed by atoms with van der Waals surface area (Å²) in [6.45, 7) is 4.08. The first-order valence-electron chi connectivity index (χ1n) is 4.35. The minimum atomic E-state index is -0.176. The fourth-order valence-corrected chi connectivity index (χ4v) is 1.78. The molecule has 0 saturated heterocycles. The second-order valence-electron chi connectivity index (χ2n) is 4.08. The van der Waals surface area contributed by atoms with Gasteiger partial charge in [-0.2, -0.15) is 0 Å². The minimum Gasteiger partial charge on any atom is -0.396 e. The number of halogens is 2. The molecule has 0 aromatic carbocycles. The number of aromatic nitrogens is 1. The molecule has 0 fully saturated rings. The molecule has 0 spiro atoms. The maximum atomic E-state index is 9.12. The van der Waals surface area contributed by atoms with Gasteiger partial charge in [0.1, 0.15) is 0 Å². The van der Waals surface area contributed by atoms with Crippen LogP contribution in [0.3, 0.4) is 0 Å². The predicted octanol–water partition coefficient (Wildman–Crippen LogP) is 3.06. The van der Waals surface area contributed by atoms with Gasteiger partial charge in [0.05, 0.1) is 10.7 Å². The molecule has 78 valence electrons. The highest BCUT2D eigenvalue weighted by Gasteiger charge is 2.19. The zero-order valence-corrected chi connectivity index (χ0v) is 10.6. The molecule has 0 unspecified atom stereocenters. The molecule has 0 amide bonds. The highest BCUT2D eigenvalue weighted by Crippen LogP contribution is 2.26. The Kier molecular flexibility index (Phi) is 3.93. The van der Waals surface area contributed by atoms with Crippen molar-refractivity contribution in [2.24, 2.45) is 5.41 Å². The number of aliphatic hydroxyl groups excluding tert-OH is 1. The maximum Gasteiger partial charge on any atom is 0.0632 e. The molecular weight excluding hydrogens is 265 g/mol. The molecule has 1 heterocycles. The third-order valence-electron chi connectivity index (χ3n) is 1.96. The van der Waals surface area contributed by atoms with Crippen molar-refractivity contribution >= 4 is 27.5 Å². The SMILES string of the molecule is CC(C)(CO)Cc1ncc(Br)cc1Cl. The summed E-state index contributed by atoms with van der Waals surface area (Å²) >= 11 is 9.32. The molecule has 0 atom stereocenters. The van der Waals surface area contributed by atoms with Gasteiger partial charge in [-0.25, -0.2) is 0 Å². The van der Waals surface area contributed by atoms with Crippen LogP contribution in [-0.2, 0) is 6.42 Å². The summed E-state index contributed by atoms with van der Waals surface area (Å²) in [5.74, 6) is 0. The van der Waals surface area contributed by atoms with Crippen molar-refractivity contribution in [2.45, 2.75) is 20.3 Å². The number of hydrogen-bond acceptors (Lipinski definition) is 2. The Bertz CT molecular complexity index is 328. The first-order chi connectivity index (χ1) is 6.44. The van der Waals surface area contributed by atoms with Gasteiger partial charge in [0.2, 0.25) is 0 Å². The summed E-state index contributed by atoms with van der Waals surface area (Å²) in [5, 5.41) is 9.76. The number of nitrogens with zero attached hydrogens (tertiary/aromatic N) is 1. The summed E-state index contributed by atoms with van der Waals surface area (Å²) in [6, 6.07) is 1.82. The van der Waals surface area contributed by atoms with Gasteiger partial charge in [0.15, 0.2) is 0 Å². The highest BCUT2D eigenvalue weighted by molar-refractivity contribution is 9.10. The van der Waals surface area contributed by atoms with Crippen LogP contribution in [0.15, 0.2) is 16.7 Å². The van der Waals surface area contributed by atoms with Crippen LogP contribution >= 0.6 is 27.5 Å². The quantitative estimate of drug-likeness (QED) is 0.922. The second-order valence-corrected chi connectivity index (χ2v) is 5.40. The van der Waals surface area contributed by atoms with E-state index in [1.54, 1.807) is 6.20 Å². The van der Waals surface area contributed by atoms with E-state index in [0.717, 1.165) is 10.2 Å². The molecule has 1 rings (SSSR count). The van der Waals surface area contributed by atoms with Gasteiger partial charge in [-0.15, -0.1) is 0 Å². The third kappa shape index (κ3) is 3.23. The third-order valence-corrected chi connectivity index (χ3v) is 2.72. The lowest BCUT2D eigenvalue weighted by molar-refractivity contribution is 0.158. The monoisotopic (exact) mass is 277 g/mol. The lowest BCUT2D eigenvalue weighted by Crippen LogP contribution is -2.20. The van der Waals surface area contributed by atoms with Crippen LogP contribution in [0.25, 0.3) is 0 Å². The van der Waals surface area contributed by atoms with Gasteiger partial charge < -0.3 is 5.11 Å². The Balaban J connectivity index is 2.87. The fourth-order valence-electron chi connectivity index (χ4n) is 1.08. The summed E-state index contributed by atoms with van der Waals surface area (Å²) in [5.41, 5.74) is 0.652. The largest absolute Gasteiger partial charge is 0.396 e. The molecule has 0 radical (unpaired) electrons. The van der Waals surface area contributed by atoms with Crippen molar-refractivity contribution in [3.8, 4) is 0 Å². The van der Waals surface area contributed by atoms with Gasteiger partial charge >= 0.3 is 0 Å². The van der Waals surface area contributed by atoms with Crippen molar-refractivity contribution in [3.05, 3.63) is 27.5 Å². The first kappa shape index (κ1) is 12.0. The minimum absolute atomic E-state index is 0.126. The number of rotatable bonds is 3. The van der Waals surface area contributed by atoms with E-state index in [1.165, 1.54) is 0 Å². The zero-order chi connectivity index (χ0) is 10.8. The average Bonchev–Trinajstić information content (AvgIpc) is 2.10. The van der Waals surface area contributed by atoms with Crippen LogP contribution in [0.4, 0.5) is 0 Å². The molecule has 1 aromatic heterocycles. The topological polar surface area (TPSA) is 33.1 Å². The molecule has 0 bridgehead atoms. The van der Waals surface area contributed by atoms with Crippen molar-refractivity contribution < 1.29 is 5.11 Å².